The summed E-state index contributed by atoms with van der Waals surface area (Å²) in [5, 5.41) is 10.1. The van der Waals surface area contributed by atoms with Crippen molar-refractivity contribution in [3.63, 3.8) is 0 Å². The van der Waals surface area contributed by atoms with Gasteiger partial charge in [-0.1, -0.05) is 36.4 Å². The quantitative estimate of drug-likeness (QED) is 0.795. The first-order valence-electron chi connectivity index (χ1n) is 7.26. The second-order valence-corrected chi connectivity index (χ2v) is 5.58. The fourth-order valence-corrected chi connectivity index (χ4v) is 2.46. The molecule has 0 heterocycles. The number of nitrogens with two attached hydrogens (primary N) is 1. The molecule has 3 N–H and O–H groups in total. The molecule has 136 valence electrons. The van der Waals surface area contributed by atoms with E-state index in [4.69, 9.17) is 5.73 Å². The number of halogens is 6. The highest BCUT2D eigenvalue weighted by Gasteiger charge is 2.39. The van der Waals surface area contributed by atoms with Crippen LogP contribution in [0.25, 0.3) is 0 Å². The van der Waals surface area contributed by atoms with E-state index in [0.29, 0.717) is 17.7 Å². The summed E-state index contributed by atoms with van der Waals surface area (Å²) >= 11 is 0. The van der Waals surface area contributed by atoms with Crippen LogP contribution in [0.4, 0.5) is 26.3 Å². The molecule has 8 heteroatoms. The predicted octanol–water partition coefficient (Wildman–Crippen LogP) is 4.33. The Balaban J connectivity index is 2.36. The molecule has 0 aliphatic heterocycles. The SMILES string of the molecule is N[C@H](c1ccc(C(F)(F)F)cc1C(F)(F)F)[C@@H](O)Cc1ccccc1. The van der Waals surface area contributed by atoms with E-state index in [2.05, 4.69) is 0 Å². The fourth-order valence-electron chi connectivity index (χ4n) is 2.46. The first-order chi connectivity index (χ1) is 11.5. The van der Waals surface area contributed by atoms with Gasteiger partial charge in [0.2, 0.25) is 0 Å². The zero-order valence-corrected chi connectivity index (χ0v) is 12.8. The van der Waals surface area contributed by atoms with Gasteiger partial charge in [0.05, 0.1) is 23.3 Å². The molecule has 0 fully saturated rings. The zero-order valence-electron chi connectivity index (χ0n) is 12.8. The molecule has 0 unspecified atom stereocenters. The van der Waals surface area contributed by atoms with Crippen LogP contribution in [0.3, 0.4) is 0 Å². The van der Waals surface area contributed by atoms with Gasteiger partial charge in [0, 0.05) is 6.42 Å². The van der Waals surface area contributed by atoms with Gasteiger partial charge in [-0.05, 0) is 23.3 Å². The maximum absolute atomic E-state index is 13.2. The van der Waals surface area contributed by atoms with E-state index >= 15 is 0 Å². The second-order valence-electron chi connectivity index (χ2n) is 5.58. The van der Waals surface area contributed by atoms with E-state index in [9.17, 15) is 31.4 Å². The van der Waals surface area contributed by atoms with E-state index in [1.807, 2.05) is 0 Å². The molecule has 2 aromatic carbocycles. The monoisotopic (exact) mass is 363 g/mol. The molecule has 2 rings (SSSR count). The molecule has 0 spiro atoms. The molecule has 2 atom stereocenters. The van der Waals surface area contributed by atoms with Gasteiger partial charge in [0.25, 0.3) is 0 Å². The van der Waals surface area contributed by atoms with Crippen LogP contribution in [0, 0.1) is 0 Å². The van der Waals surface area contributed by atoms with Crippen LogP contribution in [-0.4, -0.2) is 11.2 Å². The smallest absolute Gasteiger partial charge is 0.391 e. The van der Waals surface area contributed by atoms with Crippen molar-refractivity contribution < 1.29 is 31.4 Å². The third kappa shape index (κ3) is 4.73. The van der Waals surface area contributed by atoms with E-state index in [1.165, 1.54) is 0 Å². The maximum atomic E-state index is 13.2. The molecule has 25 heavy (non-hydrogen) atoms. The Kier molecular flexibility index (Phi) is 5.43. The average molecular weight is 363 g/mol. The van der Waals surface area contributed by atoms with Crippen molar-refractivity contribution in [2.24, 2.45) is 5.73 Å². The average Bonchev–Trinajstić information content (AvgIpc) is 2.53. The summed E-state index contributed by atoms with van der Waals surface area (Å²) in [4.78, 5) is 0. The van der Waals surface area contributed by atoms with Crippen LogP contribution in [0.15, 0.2) is 48.5 Å². The first kappa shape index (κ1) is 19.3. The van der Waals surface area contributed by atoms with E-state index in [-0.39, 0.29) is 12.5 Å². The Bertz CT molecular complexity index is 711. The molecular formula is C17H15F6NO. The standard InChI is InChI=1S/C17H15F6NO/c18-16(19,20)11-6-7-12(13(9-11)17(21,22)23)15(24)14(25)8-10-4-2-1-3-5-10/h1-7,9,14-15,25H,8,24H2/t14-,15+/m0/s1. The number of alkyl halides is 6. The van der Waals surface area contributed by atoms with E-state index in [1.54, 1.807) is 30.3 Å². The highest BCUT2D eigenvalue weighted by atomic mass is 19.4. The van der Waals surface area contributed by atoms with Gasteiger partial charge in [0.15, 0.2) is 0 Å². The maximum Gasteiger partial charge on any atom is 0.416 e. The minimum absolute atomic E-state index is 0.0183. The third-order valence-electron chi connectivity index (χ3n) is 3.75. The largest absolute Gasteiger partial charge is 0.416 e. The molecule has 0 aromatic heterocycles. The number of aliphatic hydroxyl groups excluding tert-OH is 1. The second kappa shape index (κ2) is 7.05. The summed E-state index contributed by atoms with van der Waals surface area (Å²) in [6.07, 6.45) is -11.4. The molecule has 0 aliphatic rings. The van der Waals surface area contributed by atoms with Crippen molar-refractivity contribution >= 4 is 0 Å². The van der Waals surface area contributed by atoms with Crippen LogP contribution in [0.2, 0.25) is 0 Å². The minimum atomic E-state index is -5.03. The normalized spacial score (nSPS) is 15.0. The van der Waals surface area contributed by atoms with Gasteiger partial charge in [-0.15, -0.1) is 0 Å². The van der Waals surface area contributed by atoms with Crippen molar-refractivity contribution in [2.45, 2.75) is 30.9 Å². The number of rotatable bonds is 4. The Morgan fingerprint density at radius 2 is 1.48 bits per heavy atom. The lowest BCUT2D eigenvalue weighted by Crippen LogP contribution is -2.30. The topological polar surface area (TPSA) is 46.2 Å². The lowest BCUT2D eigenvalue weighted by atomic mass is 9.92. The minimum Gasteiger partial charge on any atom is -0.391 e. The molecule has 0 saturated carbocycles. The van der Waals surface area contributed by atoms with Crippen molar-refractivity contribution in [1.29, 1.82) is 0 Å². The zero-order chi connectivity index (χ0) is 18.8. The highest BCUT2D eigenvalue weighted by molar-refractivity contribution is 5.38. The molecule has 2 nitrogen and oxygen atoms in total. The van der Waals surface area contributed by atoms with E-state index < -0.39 is 41.2 Å². The summed E-state index contributed by atoms with van der Waals surface area (Å²) in [7, 11) is 0. The van der Waals surface area contributed by atoms with Crippen LogP contribution in [0.5, 0.6) is 0 Å². The van der Waals surface area contributed by atoms with Gasteiger partial charge in [-0.3, -0.25) is 0 Å². The molecule has 0 aliphatic carbocycles. The first-order valence-corrected chi connectivity index (χ1v) is 7.26. The summed E-state index contributed by atoms with van der Waals surface area (Å²) in [5.74, 6) is 0. The van der Waals surface area contributed by atoms with Crippen LogP contribution < -0.4 is 5.73 Å². The lowest BCUT2D eigenvalue weighted by molar-refractivity contribution is -0.143. The summed E-state index contributed by atoms with van der Waals surface area (Å²) < 4.78 is 77.5. The van der Waals surface area contributed by atoms with E-state index in [0.717, 1.165) is 0 Å². The Morgan fingerprint density at radius 3 is 2.00 bits per heavy atom. The number of hydrogen-bond acceptors (Lipinski definition) is 2. The Hall–Kier alpha value is -2.06. The van der Waals surface area contributed by atoms with Crippen LogP contribution in [0.1, 0.15) is 28.3 Å². The Labute approximate surface area is 139 Å². The van der Waals surface area contributed by atoms with Gasteiger partial charge in [-0.25, -0.2) is 0 Å². The molecule has 0 bridgehead atoms. The number of aliphatic hydroxyl groups is 1. The summed E-state index contributed by atoms with van der Waals surface area (Å²) in [5.41, 5.74) is 2.86. The van der Waals surface area contributed by atoms with Crippen molar-refractivity contribution in [1.82, 2.24) is 0 Å². The fraction of sp³-hybridized carbons (Fsp3) is 0.294. The molecule has 2 aromatic rings. The Morgan fingerprint density at radius 1 is 0.880 bits per heavy atom. The van der Waals surface area contributed by atoms with Gasteiger partial charge >= 0.3 is 12.4 Å². The molecule has 0 amide bonds. The summed E-state index contributed by atoms with van der Waals surface area (Å²) in [6.45, 7) is 0. The van der Waals surface area contributed by atoms with Crippen molar-refractivity contribution in [3.05, 3.63) is 70.8 Å². The number of hydrogen-bond donors (Lipinski definition) is 2. The van der Waals surface area contributed by atoms with Gasteiger partial charge < -0.3 is 10.8 Å². The predicted molar refractivity (Wildman–Crippen MR) is 79.5 cm³/mol. The van der Waals surface area contributed by atoms with Gasteiger partial charge in [0.1, 0.15) is 0 Å². The van der Waals surface area contributed by atoms with Crippen molar-refractivity contribution in [3.8, 4) is 0 Å². The van der Waals surface area contributed by atoms with Crippen molar-refractivity contribution in [2.75, 3.05) is 0 Å². The van der Waals surface area contributed by atoms with Gasteiger partial charge in [-0.2, -0.15) is 26.3 Å². The third-order valence-corrected chi connectivity index (χ3v) is 3.75. The summed E-state index contributed by atoms with van der Waals surface area (Å²) in [6, 6.07) is 8.15. The molecule has 0 saturated heterocycles. The lowest BCUT2D eigenvalue weighted by Gasteiger charge is -2.24. The number of benzene rings is 2. The van der Waals surface area contributed by atoms with Crippen LogP contribution >= 0.6 is 0 Å². The van der Waals surface area contributed by atoms with Crippen LogP contribution in [-0.2, 0) is 18.8 Å². The molecular weight excluding hydrogens is 348 g/mol. The highest BCUT2D eigenvalue weighted by Crippen LogP contribution is 2.39. The molecule has 0 radical (unpaired) electrons.